The second-order valence-corrected chi connectivity index (χ2v) is 10.2. The van der Waals surface area contributed by atoms with Crippen LogP contribution in [0.2, 0.25) is 0 Å². The largest absolute Gasteiger partial charge is 0.354 e. The number of carbonyl (C=O) groups is 1. The highest BCUT2D eigenvalue weighted by molar-refractivity contribution is 6.03. The normalized spacial score (nSPS) is 22.9. The maximum atomic E-state index is 12.7. The van der Waals surface area contributed by atoms with Crippen molar-refractivity contribution >= 4 is 17.4 Å². The summed E-state index contributed by atoms with van der Waals surface area (Å²) in [5.74, 6) is 1.93. The van der Waals surface area contributed by atoms with Crippen LogP contribution in [0.1, 0.15) is 55.3 Å². The van der Waals surface area contributed by atoms with Gasteiger partial charge >= 0.3 is 0 Å². The molecule has 6 heteroatoms. The lowest BCUT2D eigenvalue weighted by atomic mass is 9.82. The molecule has 0 unspecified atom stereocenters. The first-order valence-electron chi connectivity index (χ1n) is 12.9. The van der Waals surface area contributed by atoms with Crippen molar-refractivity contribution in [3.8, 4) is 0 Å². The van der Waals surface area contributed by atoms with E-state index in [1.54, 1.807) is 0 Å². The number of carbonyl (C=O) groups excluding carboxylic acids is 1. The smallest absolute Gasteiger partial charge is 0.220 e. The summed E-state index contributed by atoms with van der Waals surface area (Å²) in [6.45, 7) is 4.82. The number of pyridine rings is 1. The summed E-state index contributed by atoms with van der Waals surface area (Å²) in [5.41, 5.74) is 4.61. The summed E-state index contributed by atoms with van der Waals surface area (Å²) >= 11 is 0. The molecule has 180 valence electrons. The van der Waals surface area contributed by atoms with Crippen LogP contribution >= 0.6 is 0 Å². The van der Waals surface area contributed by atoms with E-state index < -0.39 is 0 Å². The molecule has 34 heavy (non-hydrogen) atoms. The predicted molar refractivity (Wildman–Crippen MR) is 137 cm³/mol. The van der Waals surface area contributed by atoms with E-state index in [-0.39, 0.29) is 5.91 Å². The SMILES string of the molecule is CN1CCN(c2ccc3c(n2)C(CCC(=O)NC2CCC(Cc4ccccc4)CC2)=NC3)CC1. The van der Waals surface area contributed by atoms with Crippen molar-refractivity contribution in [1.29, 1.82) is 0 Å². The van der Waals surface area contributed by atoms with Gasteiger partial charge in [0.1, 0.15) is 5.82 Å². The van der Waals surface area contributed by atoms with Gasteiger partial charge in [0.05, 0.1) is 18.0 Å². The van der Waals surface area contributed by atoms with Crippen molar-refractivity contribution in [2.75, 3.05) is 38.1 Å². The first-order chi connectivity index (χ1) is 16.6. The maximum absolute atomic E-state index is 12.7. The van der Waals surface area contributed by atoms with Crippen LogP contribution in [0.25, 0.3) is 0 Å². The van der Waals surface area contributed by atoms with Gasteiger partial charge in [-0.05, 0) is 56.7 Å². The van der Waals surface area contributed by atoms with E-state index in [9.17, 15) is 4.79 Å². The van der Waals surface area contributed by atoms with Crippen molar-refractivity contribution in [3.05, 3.63) is 59.3 Å². The van der Waals surface area contributed by atoms with Crippen LogP contribution in [-0.2, 0) is 17.8 Å². The fourth-order valence-electron chi connectivity index (χ4n) is 5.51. The van der Waals surface area contributed by atoms with Crippen LogP contribution in [-0.4, -0.2) is 60.8 Å². The number of piperazine rings is 1. The topological polar surface area (TPSA) is 60.8 Å². The number of nitrogens with zero attached hydrogens (tertiary/aromatic N) is 4. The average Bonchev–Trinajstić information content (AvgIpc) is 3.27. The van der Waals surface area contributed by atoms with Gasteiger partial charge in [0.25, 0.3) is 0 Å². The van der Waals surface area contributed by atoms with Crippen LogP contribution in [0, 0.1) is 5.92 Å². The highest BCUT2D eigenvalue weighted by Gasteiger charge is 2.24. The van der Waals surface area contributed by atoms with E-state index in [0.717, 1.165) is 68.6 Å². The lowest BCUT2D eigenvalue weighted by Crippen LogP contribution is -2.44. The van der Waals surface area contributed by atoms with Crippen LogP contribution in [0.4, 0.5) is 5.82 Å². The fourth-order valence-corrected chi connectivity index (χ4v) is 5.51. The Labute approximate surface area is 203 Å². The van der Waals surface area contributed by atoms with Gasteiger partial charge in [-0.15, -0.1) is 0 Å². The third kappa shape index (κ3) is 5.66. The minimum atomic E-state index is 0.151. The van der Waals surface area contributed by atoms with E-state index in [2.05, 4.69) is 64.6 Å². The number of fused-ring (bicyclic) bond motifs is 1. The predicted octanol–water partition coefficient (Wildman–Crippen LogP) is 3.83. The molecule has 1 saturated heterocycles. The molecule has 0 bridgehead atoms. The average molecular weight is 460 g/mol. The lowest BCUT2D eigenvalue weighted by molar-refractivity contribution is -0.121. The Morgan fingerprint density at radius 1 is 1.00 bits per heavy atom. The number of nitrogens with one attached hydrogen (secondary N) is 1. The van der Waals surface area contributed by atoms with Crippen LogP contribution in [0.15, 0.2) is 47.5 Å². The first kappa shape index (κ1) is 23.0. The molecule has 0 spiro atoms. The number of likely N-dealkylation sites (N-methyl/N-ethyl adjacent to an activating group) is 1. The molecule has 0 atom stereocenters. The third-order valence-corrected chi connectivity index (χ3v) is 7.67. The summed E-state index contributed by atoms with van der Waals surface area (Å²) in [4.78, 5) is 27.1. The number of anilines is 1. The van der Waals surface area contributed by atoms with Gasteiger partial charge in [-0.3, -0.25) is 9.79 Å². The van der Waals surface area contributed by atoms with Crippen molar-refractivity contribution in [2.24, 2.45) is 10.9 Å². The molecule has 1 N–H and O–H groups in total. The number of rotatable bonds is 7. The molecule has 0 radical (unpaired) electrons. The quantitative estimate of drug-likeness (QED) is 0.684. The molecule has 1 saturated carbocycles. The van der Waals surface area contributed by atoms with Gasteiger partial charge in [-0.2, -0.15) is 0 Å². The maximum Gasteiger partial charge on any atom is 0.220 e. The number of aliphatic imine (C=N–C) groups is 1. The molecule has 2 aliphatic heterocycles. The molecule has 3 aliphatic rings. The van der Waals surface area contributed by atoms with E-state index >= 15 is 0 Å². The molecule has 6 nitrogen and oxygen atoms in total. The zero-order chi connectivity index (χ0) is 23.3. The summed E-state index contributed by atoms with van der Waals surface area (Å²) in [5, 5.41) is 3.29. The number of aromatic nitrogens is 1. The molecule has 1 amide bonds. The minimum Gasteiger partial charge on any atom is -0.354 e. The highest BCUT2D eigenvalue weighted by atomic mass is 16.1. The Bertz CT molecular complexity index is 1000. The van der Waals surface area contributed by atoms with Crippen molar-refractivity contribution < 1.29 is 4.79 Å². The van der Waals surface area contributed by atoms with Gasteiger partial charge in [0.2, 0.25) is 5.91 Å². The minimum absolute atomic E-state index is 0.151. The van der Waals surface area contributed by atoms with Crippen molar-refractivity contribution in [3.63, 3.8) is 0 Å². The van der Waals surface area contributed by atoms with E-state index in [4.69, 9.17) is 9.98 Å². The Kier molecular flexibility index (Phi) is 7.24. The molecule has 2 aromatic rings. The second kappa shape index (κ2) is 10.7. The molecule has 1 aliphatic carbocycles. The van der Waals surface area contributed by atoms with Gasteiger partial charge < -0.3 is 15.1 Å². The number of hydrogen-bond donors (Lipinski definition) is 1. The zero-order valence-corrected chi connectivity index (χ0v) is 20.4. The second-order valence-electron chi connectivity index (χ2n) is 10.2. The van der Waals surface area contributed by atoms with Gasteiger partial charge in [0, 0.05) is 50.6 Å². The van der Waals surface area contributed by atoms with Gasteiger partial charge in [0.15, 0.2) is 0 Å². The Balaban J connectivity index is 1.08. The number of amides is 1. The number of benzene rings is 1. The molecule has 1 aromatic heterocycles. The van der Waals surface area contributed by atoms with E-state index in [0.29, 0.717) is 25.4 Å². The fraction of sp³-hybridized carbons (Fsp3) is 0.536. The van der Waals surface area contributed by atoms with Crippen LogP contribution in [0.3, 0.4) is 0 Å². The molecular formula is C28H37N5O. The molecule has 3 heterocycles. The summed E-state index contributed by atoms with van der Waals surface area (Å²) in [6, 6.07) is 15.4. The number of hydrogen-bond acceptors (Lipinski definition) is 5. The van der Waals surface area contributed by atoms with Crippen LogP contribution in [0.5, 0.6) is 0 Å². The third-order valence-electron chi connectivity index (χ3n) is 7.67. The molecule has 5 rings (SSSR count). The van der Waals surface area contributed by atoms with E-state index in [1.807, 2.05) is 0 Å². The summed E-state index contributed by atoms with van der Waals surface area (Å²) < 4.78 is 0. The molecule has 2 fully saturated rings. The monoisotopic (exact) mass is 459 g/mol. The van der Waals surface area contributed by atoms with E-state index in [1.165, 1.54) is 24.0 Å². The van der Waals surface area contributed by atoms with Crippen molar-refractivity contribution in [2.45, 2.75) is 57.5 Å². The van der Waals surface area contributed by atoms with Crippen LogP contribution < -0.4 is 10.2 Å². The lowest BCUT2D eigenvalue weighted by Gasteiger charge is -2.33. The standard InChI is InChI=1S/C28H37N5O/c1-32-15-17-33(18-16-32)26-13-9-23-20-29-25(28(23)31-26)12-14-27(34)30-24-10-7-22(8-11-24)19-21-5-3-2-4-6-21/h2-6,9,13,22,24H,7-8,10-12,14-20H2,1H3,(H,30,34). The molecule has 1 aromatic carbocycles. The van der Waals surface area contributed by atoms with Crippen molar-refractivity contribution in [1.82, 2.24) is 15.2 Å². The summed E-state index contributed by atoms with van der Waals surface area (Å²) in [6.07, 6.45) is 6.87. The summed E-state index contributed by atoms with van der Waals surface area (Å²) in [7, 11) is 2.17. The van der Waals surface area contributed by atoms with Gasteiger partial charge in [-0.1, -0.05) is 36.4 Å². The Morgan fingerprint density at radius 2 is 1.76 bits per heavy atom. The Morgan fingerprint density at radius 3 is 2.53 bits per heavy atom. The van der Waals surface area contributed by atoms with Gasteiger partial charge in [-0.25, -0.2) is 4.98 Å². The highest BCUT2D eigenvalue weighted by Crippen LogP contribution is 2.28. The first-order valence-corrected chi connectivity index (χ1v) is 12.9. The molecular weight excluding hydrogens is 422 g/mol. The zero-order valence-electron chi connectivity index (χ0n) is 20.4. The Hall–Kier alpha value is -2.73.